The van der Waals surface area contributed by atoms with E-state index in [1.807, 2.05) is 0 Å². The van der Waals surface area contributed by atoms with Gasteiger partial charge in [0.15, 0.2) is 11.5 Å². The third-order valence-electron chi connectivity index (χ3n) is 5.03. The lowest BCUT2D eigenvalue weighted by molar-refractivity contribution is -0.384. The van der Waals surface area contributed by atoms with Crippen LogP contribution in [0.15, 0.2) is 52.9 Å². The van der Waals surface area contributed by atoms with E-state index in [2.05, 4.69) is 4.98 Å². The number of carbonyl (C=O) groups is 1. The summed E-state index contributed by atoms with van der Waals surface area (Å²) in [7, 11) is 0. The van der Waals surface area contributed by atoms with Gasteiger partial charge in [0.25, 0.3) is 11.6 Å². The number of oxazole rings is 1. The highest BCUT2D eigenvalue weighted by Crippen LogP contribution is 2.37. The van der Waals surface area contributed by atoms with Gasteiger partial charge in [0.1, 0.15) is 0 Å². The highest BCUT2D eigenvalue weighted by atomic mass is 19.4. The molecule has 160 valence electrons. The molecular formula is C21H16F3N3O4. The number of alkyl halides is 3. The minimum Gasteiger partial charge on any atom is -0.435 e. The lowest BCUT2D eigenvalue weighted by atomic mass is 10.1. The maximum Gasteiger partial charge on any atom is 0.416 e. The topological polar surface area (TPSA) is 89.5 Å². The molecule has 0 radical (unpaired) electrons. The summed E-state index contributed by atoms with van der Waals surface area (Å²) in [6.07, 6.45) is -2.84. The van der Waals surface area contributed by atoms with Gasteiger partial charge in [-0.3, -0.25) is 14.9 Å². The van der Waals surface area contributed by atoms with Crippen molar-refractivity contribution in [2.45, 2.75) is 19.0 Å². The first-order chi connectivity index (χ1) is 14.8. The van der Waals surface area contributed by atoms with Crippen LogP contribution in [0.3, 0.4) is 0 Å². The SMILES string of the molecule is O=C(c1nc(-c2ccc(C(F)(F)F)cc2)oc1-c1ccccc1[N+](=O)[O-])N1CCCC1. The van der Waals surface area contributed by atoms with E-state index in [1.54, 1.807) is 11.0 Å². The van der Waals surface area contributed by atoms with Crippen LogP contribution >= 0.6 is 0 Å². The van der Waals surface area contributed by atoms with Crippen molar-refractivity contribution in [3.05, 3.63) is 69.9 Å². The summed E-state index contributed by atoms with van der Waals surface area (Å²) < 4.78 is 44.3. The molecule has 0 aliphatic carbocycles. The van der Waals surface area contributed by atoms with Crippen LogP contribution in [0.25, 0.3) is 22.8 Å². The third-order valence-corrected chi connectivity index (χ3v) is 5.03. The molecule has 4 rings (SSSR count). The molecule has 0 spiro atoms. The van der Waals surface area contributed by atoms with Gasteiger partial charge in [0.05, 0.1) is 16.1 Å². The van der Waals surface area contributed by atoms with Gasteiger partial charge < -0.3 is 9.32 Å². The summed E-state index contributed by atoms with van der Waals surface area (Å²) in [6, 6.07) is 9.89. The normalized spacial score (nSPS) is 14.1. The second-order valence-electron chi connectivity index (χ2n) is 7.05. The second kappa shape index (κ2) is 7.86. The molecule has 1 aliphatic heterocycles. The number of para-hydroxylation sites is 1. The summed E-state index contributed by atoms with van der Waals surface area (Å²) in [5, 5.41) is 11.5. The summed E-state index contributed by atoms with van der Waals surface area (Å²) in [4.78, 5) is 29.7. The Kier molecular flexibility index (Phi) is 5.22. The van der Waals surface area contributed by atoms with Gasteiger partial charge >= 0.3 is 6.18 Å². The Bertz CT molecular complexity index is 1130. The van der Waals surface area contributed by atoms with Crippen LogP contribution in [0, 0.1) is 10.1 Å². The van der Waals surface area contributed by atoms with Crippen molar-refractivity contribution in [1.82, 2.24) is 9.88 Å². The van der Waals surface area contributed by atoms with Gasteiger partial charge in [-0.25, -0.2) is 4.98 Å². The number of hydrogen-bond donors (Lipinski definition) is 0. The van der Waals surface area contributed by atoms with Gasteiger partial charge in [-0.2, -0.15) is 13.2 Å². The summed E-state index contributed by atoms with van der Waals surface area (Å²) in [5.74, 6) is -0.615. The summed E-state index contributed by atoms with van der Waals surface area (Å²) in [6.45, 7) is 1.05. The molecule has 31 heavy (non-hydrogen) atoms. The summed E-state index contributed by atoms with van der Waals surface area (Å²) in [5.41, 5.74) is -0.928. The number of likely N-dealkylation sites (tertiary alicyclic amines) is 1. The first-order valence-corrected chi connectivity index (χ1v) is 9.47. The molecule has 0 saturated carbocycles. The Morgan fingerprint density at radius 3 is 2.32 bits per heavy atom. The van der Waals surface area contributed by atoms with E-state index in [9.17, 15) is 28.1 Å². The molecule has 1 amide bonds. The van der Waals surface area contributed by atoms with E-state index in [1.165, 1.54) is 30.3 Å². The Morgan fingerprint density at radius 2 is 1.71 bits per heavy atom. The van der Waals surface area contributed by atoms with Crippen molar-refractivity contribution >= 4 is 11.6 Å². The van der Waals surface area contributed by atoms with E-state index in [0.29, 0.717) is 13.1 Å². The third kappa shape index (κ3) is 4.00. The predicted molar refractivity (Wildman–Crippen MR) is 104 cm³/mol. The number of hydrogen-bond acceptors (Lipinski definition) is 5. The van der Waals surface area contributed by atoms with Crippen molar-refractivity contribution in [3.63, 3.8) is 0 Å². The van der Waals surface area contributed by atoms with Gasteiger partial charge in [-0.1, -0.05) is 12.1 Å². The number of rotatable bonds is 4. The van der Waals surface area contributed by atoms with Crippen LogP contribution < -0.4 is 0 Å². The van der Waals surface area contributed by atoms with Crippen LogP contribution in [0.4, 0.5) is 18.9 Å². The zero-order chi connectivity index (χ0) is 22.2. The first kappa shape index (κ1) is 20.6. The number of amides is 1. The average Bonchev–Trinajstić information content (AvgIpc) is 3.43. The Balaban J connectivity index is 1.83. The molecule has 1 aromatic heterocycles. The number of nitrogens with zero attached hydrogens (tertiary/aromatic N) is 3. The second-order valence-corrected chi connectivity index (χ2v) is 7.05. The standard InChI is InChI=1S/C21H16F3N3O4/c22-21(23,24)14-9-7-13(8-10-14)19-25-17(20(28)26-11-3-4-12-26)18(31-19)15-5-1-2-6-16(15)27(29)30/h1-2,5-10H,3-4,11-12H2. The monoisotopic (exact) mass is 431 g/mol. The van der Waals surface area contributed by atoms with Gasteiger partial charge in [-0.15, -0.1) is 0 Å². The fourth-order valence-electron chi connectivity index (χ4n) is 3.47. The summed E-state index contributed by atoms with van der Waals surface area (Å²) >= 11 is 0. The predicted octanol–water partition coefficient (Wildman–Crippen LogP) is 5.17. The molecular weight excluding hydrogens is 415 g/mol. The Morgan fingerprint density at radius 1 is 1.06 bits per heavy atom. The number of benzene rings is 2. The Hall–Kier alpha value is -3.69. The molecule has 1 fully saturated rings. The molecule has 2 heterocycles. The van der Waals surface area contributed by atoms with Crippen LogP contribution in [-0.4, -0.2) is 33.8 Å². The first-order valence-electron chi connectivity index (χ1n) is 9.47. The highest BCUT2D eigenvalue weighted by Gasteiger charge is 2.32. The minimum absolute atomic E-state index is 0.0701. The largest absolute Gasteiger partial charge is 0.435 e. The zero-order valence-corrected chi connectivity index (χ0v) is 16.1. The molecule has 0 bridgehead atoms. The maximum atomic E-state index is 13.0. The molecule has 0 N–H and O–H groups in total. The maximum absolute atomic E-state index is 13.0. The van der Waals surface area contributed by atoms with E-state index < -0.39 is 22.6 Å². The van der Waals surface area contributed by atoms with E-state index in [0.717, 1.165) is 25.0 Å². The van der Waals surface area contributed by atoms with Crippen molar-refractivity contribution in [2.24, 2.45) is 0 Å². The van der Waals surface area contributed by atoms with Gasteiger partial charge in [-0.05, 0) is 43.2 Å². The van der Waals surface area contributed by atoms with E-state index in [4.69, 9.17) is 4.42 Å². The minimum atomic E-state index is -4.50. The van der Waals surface area contributed by atoms with Gasteiger partial charge in [0, 0.05) is 24.7 Å². The molecule has 7 nitrogen and oxygen atoms in total. The molecule has 1 aliphatic rings. The quantitative estimate of drug-likeness (QED) is 0.420. The molecule has 1 saturated heterocycles. The van der Waals surface area contributed by atoms with Crippen LogP contribution in [0.5, 0.6) is 0 Å². The fraction of sp³-hybridized carbons (Fsp3) is 0.238. The number of halogens is 3. The zero-order valence-electron chi connectivity index (χ0n) is 16.1. The van der Waals surface area contributed by atoms with Crippen molar-refractivity contribution in [1.29, 1.82) is 0 Å². The number of nitro benzene ring substituents is 1. The highest BCUT2D eigenvalue weighted by molar-refractivity contribution is 5.99. The van der Waals surface area contributed by atoms with Crippen molar-refractivity contribution in [3.8, 4) is 22.8 Å². The lowest BCUT2D eigenvalue weighted by Gasteiger charge is -2.13. The number of nitro groups is 1. The molecule has 3 aromatic rings. The molecule has 0 unspecified atom stereocenters. The van der Waals surface area contributed by atoms with Crippen LogP contribution in [-0.2, 0) is 6.18 Å². The fourth-order valence-corrected chi connectivity index (χ4v) is 3.47. The van der Waals surface area contributed by atoms with Crippen LogP contribution in [0.1, 0.15) is 28.9 Å². The van der Waals surface area contributed by atoms with Gasteiger partial charge in [0.2, 0.25) is 5.89 Å². The molecule has 0 atom stereocenters. The number of aromatic nitrogens is 1. The molecule has 2 aromatic carbocycles. The van der Waals surface area contributed by atoms with Crippen molar-refractivity contribution in [2.75, 3.05) is 13.1 Å². The Labute approximate surface area is 174 Å². The average molecular weight is 431 g/mol. The van der Waals surface area contributed by atoms with Crippen molar-refractivity contribution < 1.29 is 27.3 Å². The van der Waals surface area contributed by atoms with Crippen LogP contribution in [0.2, 0.25) is 0 Å². The molecule has 10 heteroatoms. The van der Waals surface area contributed by atoms with E-state index in [-0.39, 0.29) is 34.2 Å². The number of carbonyl (C=O) groups excluding carboxylic acids is 1. The lowest BCUT2D eigenvalue weighted by Crippen LogP contribution is -2.28. The van der Waals surface area contributed by atoms with E-state index >= 15 is 0 Å². The smallest absolute Gasteiger partial charge is 0.416 e.